The SMILES string of the molecule is N[C@@H]1CC(C(=O)NC(Cc2ccc(F)cc2)C(=O)O)N(S(=O)(=O)c2cccc(Cl)c2)C1. The predicted molar refractivity (Wildman–Crippen MR) is 111 cm³/mol. The number of hydrogen-bond acceptors (Lipinski definition) is 5. The molecule has 31 heavy (non-hydrogen) atoms. The Kier molecular flexibility index (Phi) is 6.95. The molecule has 1 aliphatic heterocycles. The van der Waals surface area contributed by atoms with Gasteiger partial charge in [-0.3, -0.25) is 4.79 Å². The zero-order chi connectivity index (χ0) is 22.8. The fraction of sp³-hybridized carbons (Fsp3) is 0.300. The molecule has 4 N–H and O–H groups in total. The summed E-state index contributed by atoms with van der Waals surface area (Å²) in [6, 6.07) is 7.73. The highest BCUT2D eigenvalue weighted by molar-refractivity contribution is 7.89. The summed E-state index contributed by atoms with van der Waals surface area (Å²) < 4.78 is 40.2. The van der Waals surface area contributed by atoms with Crippen molar-refractivity contribution in [2.24, 2.45) is 5.73 Å². The summed E-state index contributed by atoms with van der Waals surface area (Å²) in [5, 5.41) is 12.1. The van der Waals surface area contributed by atoms with Gasteiger partial charge in [-0.25, -0.2) is 17.6 Å². The van der Waals surface area contributed by atoms with E-state index in [1.165, 1.54) is 48.5 Å². The first kappa shape index (κ1) is 23.1. The van der Waals surface area contributed by atoms with Gasteiger partial charge in [0, 0.05) is 24.0 Å². The van der Waals surface area contributed by atoms with Crippen molar-refractivity contribution in [3.05, 3.63) is 64.9 Å². The average molecular weight is 470 g/mol. The molecule has 3 rings (SSSR count). The van der Waals surface area contributed by atoms with E-state index in [4.69, 9.17) is 17.3 Å². The molecule has 0 aromatic heterocycles. The summed E-state index contributed by atoms with van der Waals surface area (Å²) in [5.41, 5.74) is 6.42. The number of carbonyl (C=O) groups excluding carboxylic acids is 1. The minimum Gasteiger partial charge on any atom is -0.480 e. The van der Waals surface area contributed by atoms with E-state index in [9.17, 15) is 27.5 Å². The Morgan fingerprint density at radius 3 is 2.55 bits per heavy atom. The van der Waals surface area contributed by atoms with Crippen molar-refractivity contribution in [1.82, 2.24) is 9.62 Å². The van der Waals surface area contributed by atoms with Crippen LogP contribution in [0.2, 0.25) is 5.02 Å². The first-order chi connectivity index (χ1) is 14.6. The van der Waals surface area contributed by atoms with Crippen LogP contribution in [0.25, 0.3) is 0 Å². The second kappa shape index (κ2) is 9.31. The van der Waals surface area contributed by atoms with Gasteiger partial charge in [0.05, 0.1) is 4.90 Å². The van der Waals surface area contributed by atoms with Gasteiger partial charge in [0.15, 0.2) is 0 Å². The van der Waals surface area contributed by atoms with Gasteiger partial charge in [-0.2, -0.15) is 4.31 Å². The van der Waals surface area contributed by atoms with Crippen LogP contribution in [0.15, 0.2) is 53.4 Å². The minimum absolute atomic E-state index is 0.0362. The Bertz CT molecular complexity index is 1080. The lowest BCUT2D eigenvalue weighted by molar-refractivity contribution is -0.142. The van der Waals surface area contributed by atoms with Crippen LogP contribution in [0.4, 0.5) is 4.39 Å². The van der Waals surface area contributed by atoms with E-state index < -0.39 is 45.8 Å². The molecule has 1 aliphatic rings. The molecule has 2 aromatic rings. The van der Waals surface area contributed by atoms with Gasteiger partial charge < -0.3 is 16.2 Å². The first-order valence-electron chi connectivity index (χ1n) is 9.38. The molecule has 8 nitrogen and oxygen atoms in total. The molecule has 0 spiro atoms. The summed E-state index contributed by atoms with van der Waals surface area (Å²) in [4.78, 5) is 24.5. The second-order valence-electron chi connectivity index (χ2n) is 7.27. The molecule has 166 valence electrons. The quantitative estimate of drug-likeness (QED) is 0.561. The molecule has 11 heteroatoms. The van der Waals surface area contributed by atoms with Crippen LogP contribution in [0.3, 0.4) is 0 Å². The maximum absolute atomic E-state index is 13.1. The van der Waals surface area contributed by atoms with E-state index in [0.717, 1.165) is 4.31 Å². The van der Waals surface area contributed by atoms with Gasteiger partial charge in [-0.1, -0.05) is 29.8 Å². The molecule has 1 saturated heterocycles. The number of carboxylic acids is 1. The smallest absolute Gasteiger partial charge is 0.326 e. The third-order valence-electron chi connectivity index (χ3n) is 4.96. The Balaban J connectivity index is 1.81. The lowest BCUT2D eigenvalue weighted by atomic mass is 10.1. The van der Waals surface area contributed by atoms with E-state index in [0.29, 0.717) is 5.56 Å². The molecule has 2 aromatic carbocycles. The molecule has 3 atom stereocenters. The van der Waals surface area contributed by atoms with Crippen molar-refractivity contribution in [1.29, 1.82) is 0 Å². The van der Waals surface area contributed by atoms with E-state index in [1.54, 1.807) is 0 Å². The Hall–Kier alpha value is -2.53. The van der Waals surface area contributed by atoms with Gasteiger partial charge in [0.2, 0.25) is 15.9 Å². The summed E-state index contributed by atoms with van der Waals surface area (Å²) in [6.45, 7) is -0.0946. The monoisotopic (exact) mass is 469 g/mol. The highest BCUT2D eigenvalue weighted by atomic mass is 35.5. The van der Waals surface area contributed by atoms with Crippen molar-refractivity contribution in [3.8, 4) is 0 Å². The van der Waals surface area contributed by atoms with Crippen molar-refractivity contribution in [2.75, 3.05) is 6.54 Å². The number of carbonyl (C=O) groups is 2. The van der Waals surface area contributed by atoms with Gasteiger partial charge in [0.1, 0.15) is 17.9 Å². The highest BCUT2D eigenvalue weighted by Crippen LogP contribution is 2.27. The molecule has 1 amide bonds. The number of aliphatic carboxylic acids is 1. The molecular formula is C20H21ClFN3O5S. The van der Waals surface area contributed by atoms with E-state index >= 15 is 0 Å². The fourth-order valence-corrected chi connectivity index (χ4v) is 5.38. The molecule has 0 radical (unpaired) electrons. The average Bonchev–Trinajstić information content (AvgIpc) is 3.11. The zero-order valence-corrected chi connectivity index (χ0v) is 17.8. The maximum Gasteiger partial charge on any atom is 0.326 e. The Morgan fingerprint density at radius 2 is 1.94 bits per heavy atom. The number of nitrogens with zero attached hydrogens (tertiary/aromatic N) is 1. The zero-order valence-electron chi connectivity index (χ0n) is 16.2. The molecular weight excluding hydrogens is 449 g/mol. The number of sulfonamides is 1. The van der Waals surface area contributed by atoms with Crippen LogP contribution in [-0.4, -0.2) is 54.4 Å². The van der Waals surface area contributed by atoms with Crippen molar-refractivity contribution < 1.29 is 27.5 Å². The number of benzene rings is 2. The molecule has 0 bridgehead atoms. The van der Waals surface area contributed by atoms with E-state index in [1.807, 2.05) is 0 Å². The van der Waals surface area contributed by atoms with Gasteiger partial charge in [0.25, 0.3) is 0 Å². The van der Waals surface area contributed by atoms with Crippen molar-refractivity contribution in [2.45, 2.75) is 35.9 Å². The standard InChI is InChI=1S/C20H21ClFN3O5S/c21-13-2-1-3-16(9-13)31(29,30)25-11-15(23)10-18(25)19(26)24-17(20(27)28)8-12-4-6-14(22)7-5-12/h1-7,9,15,17-18H,8,10-11,23H2,(H,24,26)(H,27,28)/t15-,17?,18?/m1/s1. The number of nitrogens with two attached hydrogens (primary N) is 1. The van der Waals surface area contributed by atoms with Crippen LogP contribution < -0.4 is 11.1 Å². The summed E-state index contributed by atoms with van der Waals surface area (Å²) in [7, 11) is -4.09. The molecule has 1 heterocycles. The largest absolute Gasteiger partial charge is 0.480 e. The number of amides is 1. The van der Waals surface area contributed by atoms with Crippen LogP contribution in [-0.2, 0) is 26.0 Å². The van der Waals surface area contributed by atoms with E-state index in [2.05, 4.69) is 5.32 Å². The predicted octanol–water partition coefficient (Wildman–Crippen LogP) is 1.38. The Morgan fingerprint density at radius 1 is 1.26 bits per heavy atom. The number of nitrogens with one attached hydrogen (secondary N) is 1. The highest BCUT2D eigenvalue weighted by Gasteiger charge is 2.43. The number of carboxylic acid groups (broad SMARTS) is 1. The molecule has 2 unspecified atom stereocenters. The van der Waals surface area contributed by atoms with Gasteiger partial charge in [-0.15, -0.1) is 0 Å². The van der Waals surface area contributed by atoms with Crippen molar-refractivity contribution in [3.63, 3.8) is 0 Å². The van der Waals surface area contributed by atoms with Crippen LogP contribution in [0, 0.1) is 5.82 Å². The maximum atomic E-state index is 13.1. The lowest BCUT2D eigenvalue weighted by Crippen LogP contribution is -2.51. The lowest BCUT2D eigenvalue weighted by Gasteiger charge is -2.25. The molecule has 0 aliphatic carbocycles. The summed E-state index contributed by atoms with van der Waals surface area (Å²) >= 11 is 5.90. The third kappa shape index (κ3) is 5.40. The summed E-state index contributed by atoms with van der Waals surface area (Å²) in [5.74, 6) is -2.54. The molecule has 1 fully saturated rings. The van der Waals surface area contributed by atoms with E-state index in [-0.39, 0.29) is 29.3 Å². The normalized spacial score (nSPS) is 20.4. The molecule has 0 saturated carbocycles. The van der Waals surface area contributed by atoms with Crippen molar-refractivity contribution >= 4 is 33.5 Å². The number of halogens is 2. The van der Waals surface area contributed by atoms with Gasteiger partial charge in [-0.05, 0) is 42.3 Å². The first-order valence-corrected chi connectivity index (χ1v) is 11.2. The van der Waals surface area contributed by atoms with Crippen LogP contribution >= 0.6 is 11.6 Å². The topological polar surface area (TPSA) is 130 Å². The van der Waals surface area contributed by atoms with Crippen LogP contribution in [0.5, 0.6) is 0 Å². The number of rotatable bonds is 7. The minimum atomic E-state index is -4.09. The Labute approximate surface area is 183 Å². The summed E-state index contributed by atoms with van der Waals surface area (Å²) in [6.07, 6.45) is -0.0598. The fourth-order valence-electron chi connectivity index (χ4n) is 3.43. The number of hydrogen-bond donors (Lipinski definition) is 3. The second-order valence-corrected chi connectivity index (χ2v) is 9.60. The van der Waals surface area contributed by atoms with Gasteiger partial charge >= 0.3 is 5.97 Å². The van der Waals surface area contributed by atoms with Crippen LogP contribution in [0.1, 0.15) is 12.0 Å². The third-order valence-corrected chi connectivity index (χ3v) is 7.07.